The molecule has 0 aromatic heterocycles. The Bertz CT molecular complexity index is 1060. The highest BCUT2D eigenvalue weighted by molar-refractivity contribution is 6.39. The number of carbonyl (C=O) groups is 2. The van der Waals surface area contributed by atoms with Crippen LogP contribution in [0.2, 0.25) is 5.02 Å². The first-order valence-electron chi connectivity index (χ1n) is 11.2. The molecule has 35 heavy (non-hydrogen) atoms. The smallest absolute Gasteiger partial charge is 0.276 e. The monoisotopic (exact) mass is 525 g/mol. The first kappa shape index (κ1) is 28.2. The van der Waals surface area contributed by atoms with Crippen LogP contribution in [-0.2, 0) is 9.59 Å². The molecule has 190 valence electrons. The number of ether oxygens (including phenoxy) is 4. The van der Waals surface area contributed by atoms with Gasteiger partial charge in [-0.05, 0) is 46.8 Å². The van der Waals surface area contributed by atoms with Crippen molar-refractivity contribution >= 4 is 46.4 Å². The van der Waals surface area contributed by atoms with Crippen LogP contribution in [-0.4, -0.2) is 44.2 Å². The van der Waals surface area contributed by atoms with E-state index in [1.165, 1.54) is 19.1 Å². The molecular formula is C24H29Cl2N3O6. The van der Waals surface area contributed by atoms with E-state index in [2.05, 4.69) is 10.2 Å². The minimum absolute atomic E-state index is 0.214. The molecule has 1 unspecified atom stereocenters. The molecule has 11 heteroatoms. The van der Waals surface area contributed by atoms with Gasteiger partial charge in [-0.25, -0.2) is 4.42 Å². The number of halogens is 2. The van der Waals surface area contributed by atoms with Gasteiger partial charge in [-0.1, -0.05) is 11.6 Å². The highest BCUT2D eigenvalue weighted by Gasteiger charge is 2.31. The Hall–Kier alpha value is -3.04. The molecule has 2 aromatic carbocycles. The van der Waals surface area contributed by atoms with Crippen LogP contribution in [0.1, 0.15) is 34.6 Å². The topological polar surface area (TPSA) is 99.0 Å². The van der Waals surface area contributed by atoms with Gasteiger partial charge in [-0.3, -0.25) is 9.59 Å². The summed E-state index contributed by atoms with van der Waals surface area (Å²) in [6.45, 7) is 9.94. The highest BCUT2D eigenvalue weighted by Crippen LogP contribution is 2.39. The van der Waals surface area contributed by atoms with Crippen LogP contribution in [0, 0.1) is 0 Å². The molecule has 0 fully saturated rings. The largest absolute Gasteiger partial charge is 0.494 e. The van der Waals surface area contributed by atoms with Gasteiger partial charge < -0.3 is 18.9 Å². The van der Waals surface area contributed by atoms with E-state index in [-0.39, 0.29) is 11.4 Å². The number of anilines is 1. The van der Waals surface area contributed by atoms with Crippen molar-refractivity contribution in [1.82, 2.24) is 0 Å². The van der Waals surface area contributed by atoms with Crippen LogP contribution >= 0.6 is 23.4 Å². The molecule has 2 rings (SSSR count). The number of nitrogens with zero attached hydrogens (tertiary/aromatic N) is 3. The van der Waals surface area contributed by atoms with E-state index in [9.17, 15) is 9.59 Å². The summed E-state index contributed by atoms with van der Waals surface area (Å²) >= 11 is 12.6. The molecule has 9 nitrogen and oxygen atoms in total. The standard InChI is InChI=1S/C24H29Cl2N3O6/c1-6-32-16-10-11-20(33-7-2)19(12-16)29(26)24(31)23(15(5)30)28-27-18-14-21(34-8-3)17(25)13-22(18)35-9-4/h10-14,23H,6-9H2,1-5H3. The molecule has 0 saturated heterocycles. The zero-order valence-electron chi connectivity index (χ0n) is 20.3. The maximum Gasteiger partial charge on any atom is 0.276 e. The van der Waals surface area contributed by atoms with Crippen molar-refractivity contribution in [3.63, 3.8) is 0 Å². The molecule has 2 aromatic rings. The fraction of sp³-hybridized carbons (Fsp3) is 0.417. The minimum Gasteiger partial charge on any atom is -0.494 e. The second-order valence-electron chi connectivity index (χ2n) is 6.96. The Kier molecular flexibility index (Phi) is 11.1. The zero-order chi connectivity index (χ0) is 26.0. The molecule has 0 heterocycles. The summed E-state index contributed by atoms with van der Waals surface area (Å²) in [5.41, 5.74) is 0.458. The average Bonchev–Trinajstić information content (AvgIpc) is 2.82. The third-order valence-corrected chi connectivity index (χ3v) is 5.10. The first-order valence-corrected chi connectivity index (χ1v) is 11.9. The molecule has 1 atom stereocenters. The Morgan fingerprint density at radius 2 is 1.49 bits per heavy atom. The van der Waals surface area contributed by atoms with Crippen molar-refractivity contribution in [3.05, 3.63) is 35.4 Å². The summed E-state index contributed by atoms with van der Waals surface area (Å²) in [6, 6.07) is 6.43. The number of carbonyl (C=O) groups excluding carboxylic acids is 2. The Labute approximate surface area is 215 Å². The molecular weight excluding hydrogens is 497 g/mol. The summed E-state index contributed by atoms with van der Waals surface area (Å²) in [7, 11) is 0. The lowest BCUT2D eigenvalue weighted by atomic mass is 10.2. The van der Waals surface area contributed by atoms with Gasteiger partial charge in [0.15, 0.2) is 5.78 Å². The number of rotatable bonds is 13. The van der Waals surface area contributed by atoms with Crippen molar-refractivity contribution in [3.8, 4) is 23.0 Å². The van der Waals surface area contributed by atoms with Crippen LogP contribution < -0.4 is 23.4 Å². The number of hydrogen-bond acceptors (Lipinski definition) is 8. The quantitative estimate of drug-likeness (QED) is 0.176. The summed E-state index contributed by atoms with van der Waals surface area (Å²) in [5, 5.41) is 8.44. The van der Waals surface area contributed by atoms with Gasteiger partial charge in [0.25, 0.3) is 5.91 Å². The molecule has 0 N–H and O–H groups in total. The maximum atomic E-state index is 13.2. The van der Waals surface area contributed by atoms with Crippen molar-refractivity contribution in [1.29, 1.82) is 0 Å². The second kappa shape index (κ2) is 13.7. The molecule has 0 aliphatic heterocycles. The average molecular weight is 526 g/mol. The van der Waals surface area contributed by atoms with Crippen molar-refractivity contribution in [2.45, 2.75) is 40.7 Å². The highest BCUT2D eigenvalue weighted by atomic mass is 35.5. The maximum absolute atomic E-state index is 13.2. The summed E-state index contributed by atoms with van der Waals surface area (Å²) in [5.74, 6) is 0.151. The Morgan fingerprint density at radius 3 is 2.09 bits per heavy atom. The lowest BCUT2D eigenvalue weighted by Gasteiger charge is -2.20. The van der Waals surface area contributed by atoms with E-state index in [1.807, 2.05) is 13.8 Å². The van der Waals surface area contributed by atoms with Crippen LogP contribution in [0.25, 0.3) is 0 Å². The zero-order valence-corrected chi connectivity index (χ0v) is 21.9. The van der Waals surface area contributed by atoms with E-state index >= 15 is 0 Å². The lowest BCUT2D eigenvalue weighted by Crippen LogP contribution is -2.36. The van der Waals surface area contributed by atoms with E-state index in [0.717, 1.165) is 4.42 Å². The van der Waals surface area contributed by atoms with Crippen LogP contribution in [0.3, 0.4) is 0 Å². The van der Waals surface area contributed by atoms with Gasteiger partial charge in [0, 0.05) is 30.0 Å². The van der Waals surface area contributed by atoms with Gasteiger partial charge in [0.05, 0.1) is 31.5 Å². The third-order valence-electron chi connectivity index (χ3n) is 4.46. The molecule has 0 saturated carbocycles. The molecule has 0 spiro atoms. The van der Waals surface area contributed by atoms with E-state index in [4.69, 9.17) is 42.3 Å². The van der Waals surface area contributed by atoms with E-state index in [1.54, 1.807) is 32.0 Å². The number of ketones is 1. The van der Waals surface area contributed by atoms with Crippen molar-refractivity contribution in [2.75, 3.05) is 30.8 Å². The summed E-state index contributed by atoms with van der Waals surface area (Å²) in [6.07, 6.45) is 0. The van der Waals surface area contributed by atoms with Crippen LogP contribution in [0.15, 0.2) is 40.6 Å². The molecule has 0 radical (unpaired) electrons. The van der Waals surface area contributed by atoms with Gasteiger partial charge >= 0.3 is 0 Å². The number of azo groups is 1. The lowest BCUT2D eigenvalue weighted by molar-refractivity contribution is -0.126. The minimum atomic E-state index is -1.52. The van der Waals surface area contributed by atoms with Gasteiger partial charge in [0.1, 0.15) is 34.4 Å². The van der Waals surface area contributed by atoms with Crippen LogP contribution in [0.4, 0.5) is 11.4 Å². The van der Waals surface area contributed by atoms with E-state index in [0.29, 0.717) is 54.4 Å². The number of amides is 1. The number of Topliss-reactive ketones (excluding diaryl/α,β-unsaturated/α-hetero) is 1. The van der Waals surface area contributed by atoms with Gasteiger partial charge in [-0.15, -0.1) is 0 Å². The SMILES string of the molecule is CCOc1ccc(OCC)c(N(Cl)C(=O)C(N=Nc2cc(OCC)c(Cl)cc2OCC)C(C)=O)c1. The van der Waals surface area contributed by atoms with Crippen molar-refractivity contribution in [2.24, 2.45) is 10.2 Å². The summed E-state index contributed by atoms with van der Waals surface area (Å²) < 4.78 is 22.9. The molecule has 0 bridgehead atoms. The molecule has 1 amide bonds. The fourth-order valence-electron chi connectivity index (χ4n) is 2.97. The number of benzene rings is 2. The molecule has 0 aliphatic carbocycles. The van der Waals surface area contributed by atoms with Gasteiger partial charge in [0.2, 0.25) is 6.04 Å². The Morgan fingerprint density at radius 1 is 0.886 bits per heavy atom. The normalized spacial score (nSPS) is 11.7. The second-order valence-corrected chi connectivity index (χ2v) is 7.70. The number of hydrogen-bond donors (Lipinski definition) is 0. The Balaban J connectivity index is 2.43. The van der Waals surface area contributed by atoms with Crippen molar-refractivity contribution < 1.29 is 28.5 Å². The van der Waals surface area contributed by atoms with E-state index < -0.39 is 17.7 Å². The first-order chi connectivity index (χ1) is 16.8. The predicted octanol–water partition coefficient (Wildman–Crippen LogP) is 6.16. The fourth-order valence-corrected chi connectivity index (χ4v) is 3.41. The van der Waals surface area contributed by atoms with Gasteiger partial charge in [-0.2, -0.15) is 10.2 Å². The summed E-state index contributed by atoms with van der Waals surface area (Å²) in [4.78, 5) is 25.6. The predicted molar refractivity (Wildman–Crippen MR) is 135 cm³/mol. The van der Waals surface area contributed by atoms with Crippen LogP contribution in [0.5, 0.6) is 23.0 Å². The third kappa shape index (κ3) is 7.47. The molecule has 0 aliphatic rings.